The maximum Gasteiger partial charge on any atom is 0.126 e. The van der Waals surface area contributed by atoms with E-state index in [2.05, 4.69) is 9.97 Å². The van der Waals surface area contributed by atoms with Crippen molar-refractivity contribution in [2.45, 2.75) is 6.92 Å². The summed E-state index contributed by atoms with van der Waals surface area (Å²) < 4.78 is 8.04. The molecule has 0 bridgehead atoms. The van der Waals surface area contributed by atoms with E-state index in [1.807, 2.05) is 49.4 Å². The Morgan fingerprint density at radius 2 is 1.71 bits per heavy atom. The smallest absolute Gasteiger partial charge is 0.126 e. The lowest BCUT2D eigenvalue weighted by molar-refractivity contribution is 1.10. The number of hydrogen-bond donors (Lipinski definition) is 0. The molecule has 0 radical (unpaired) electrons. The first-order valence-electron chi connectivity index (χ1n) is 6.05. The van der Waals surface area contributed by atoms with Crippen LogP contribution < -0.4 is 0 Å². The molecule has 2 nitrogen and oxygen atoms in total. The van der Waals surface area contributed by atoms with Gasteiger partial charge < -0.3 is 0 Å². The van der Waals surface area contributed by atoms with E-state index in [9.17, 15) is 0 Å². The van der Waals surface area contributed by atoms with Crippen molar-refractivity contribution in [2.75, 3.05) is 0 Å². The summed E-state index contributed by atoms with van der Waals surface area (Å²) >= 11 is 0. The van der Waals surface area contributed by atoms with Gasteiger partial charge in [-0.15, -0.1) is 0 Å². The molecule has 1 aromatic heterocycles. The Morgan fingerprint density at radius 3 is 2.53 bits per heavy atom. The second-order valence-electron chi connectivity index (χ2n) is 3.92. The molecule has 0 atom stereocenters. The molecule has 3 rings (SSSR count). The van der Waals surface area contributed by atoms with Gasteiger partial charge in [-0.1, -0.05) is 48.5 Å². The van der Waals surface area contributed by atoms with Gasteiger partial charge in [0.05, 0.1) is 12.6 Å². The van der Waals surface area contributed by atoms with Gasteiger partial charge in [-0.05, 0) is 13.0 Å². The summed E-state index contributed by atoms with van der Waals surface area (Å²) in [5, 5.41) is 0.814. The summed E-state index contributed by atoms with van der Waals surface area (Å²) in [4.78, 5) is 8.89. The summed E-state index contributed by atoms with van der Waals surface area (Å²) in [5.74, 6) is 0.729. The third-order valence-corrected chi connectivity index (χ3v) is 2.67. The minimum atomic E-state index is 0.464. The number of aromatic nitrogens is 2. The maximum atomic E-state index is 8.04. The number of nitrogens with zero attached hydrogens (tertiary/aromatic N) is 2. The fourth-order valence-corrected chi connectivity index (χ4v) is 1.93. The van der Waals surface area contributed by atoms with Gasteiger partial charge in [0.25, 0.3) is 0 Å². The number of hydrogen-bond acceptors (Lipinski definition) is 2. The van der Waals surface area contributed by atoms with E-state index in [0.717, 1.165) is 28.0 Å². The fraction of sp³-hybridized carbons (Fsp3) is 0.0667. The van der Waals surface area contributed by atoms with Crippen LogP contribution in [-0.4, -0.2) is 9.97 Å². The van der Waals surface area contributed by atoms with E-state index in [1.54, 1.807) is 6.07 Å². The van der Waals surface area contributed by atoms with Crippen LogP contribution in [0.2, 0.25) is 0 Å². The Kier molecular flexibility index (Phi) is 2.08. The number of fused-ring (bicyclic) bond motifs is 1. The molecule has 0 amide bonds. The average Bonchev–Trinajstić information content (AvgIpc) is 2.39. The van der Waals surface area contributed by atoms with Crippen molar-refractivity contribution < 1.29 is 1.37 Å². The van der Waals surface area contributed by atoms with Crippen LogP contribution >= 0.6 is 0 Å². The second-order valence-corrected chi connectivity index (χ2v) is 3.92. The minimum Gasteiger partial charge on any atom is -0.233 e. The van der Waals surface area contributed by atoms with Crippen LogP contribution in [0.4, 0.5) is 0 Å². The Hall–Kier alpha value is -2.22. The Morgan fingerprint density at radius 1 is 0.941 bits per heavy atom. The summed E-state index contributed by atoms with van der Waals surface area (Å²) in [7, 11) is 0. The van der Waals surface area contributed by atoms with E-state index >= 15 is 0 Å². The van der Waals surface area contributed by atoms with Gasteiger partial charge >= 0.3 is 0 Å². The zero-order valence-corrected chi connectivity index (χ0v) is 9.51. The molecular weight excluding hydrogens is 208 g/mol. The number of benzene rings is 2. The first kappa shape index (κ1) is 8.88. The van der Waals surface area contributed by atoms with E-state index in [4.69, 9.17) is 1.37 Å². The fourth-order valence-electron chi connectivity index (χ4n) is 1.93. The highest BCUT2D eigenvalue weighted by molar-refractivity contribution is 5.92. The van der Waals surface area contributed by atoms with Crippen molar-refractivity contribution in [3.05, 3.63) is 60.4 Å². The predicted octanol–water partition coefficient (Wildman–Crippen LogP) is 3.61. The molecule has 0 N–H and O–H groups in total. The molecule has 82 valence electrons. The molecule has 1 heterocycles. The molecule has 0 spiro atoms. The maximum absolute atomic E-state index is 8.04. The molecule has 2 aromatic carbocycles. The van der Waals surface area contributed by atoms with Crippen LogP contribution in [0.3, 0.4) is 0 Å². The normalized spacial score (nSPS) is 11.5. The highest BCUT2D eigenvalue weighted by Gasteiger charge is 2.06. The summed E-state index contributed by atoms with van der Waals surface area (Å²) in [6.07, 6.45) is 0. The van der Waals surface area contributed by atoms with Crippen LogP contribution in [0, 0.1) is 6.92 Å². The topological polar surface area (TPSA) is 25.8 Å². The average molecular weight is 221 g/mol. The van der Waals surface area contributed by atoms with E-state index in [-0.39, 0.29) is 0 Å². The molecular formula is C15H12N2. The number of aryl methyl sites for hydroxylation is 1. The van der Waals surface area contributed by atoms with Crippen molar-refractivity contribution in [1.82, 2.24) is 9.97 Å². The lowest BCUT2D eigenvalue weighted by Crippen LogP contribution is -1.93. The van der Waals surface area contributed by atoms with Crippen molar-refractivity contribution in [2.24, 2.45) is 0 Å². The van der Waals surface area contributed by atoms with Crippen molar-refractivity contribution >= 4 is 10.9 Å². The Balaban J connectivity index is 2.41. The largest absolute Gasteiger partial charge is 0.233 e. The van der Waals surface area contributed by atoms with Gasteiger partial charge in [0.2, 0.25) is 0 Å². The second kappa shape index (κ2) is 3.98. The Labute approximate surface area is 101 Å². The highest BCUT2D eigenvalue weighted by atomic mass is 14.9. The number of para-hydroxylation sites is 1. The van der Waals surface area contributed by atoms with Crippen LogP contribution in [0.5, 0.6) is 0 Å². The van der Waals surface area contributed by atoms with Gasteiger partial charge in [-0.3, -0.25) is 0 Å². The molecule has 2 heteroatoms. The first-order valence-corrected chi connectivity index (χ1v) is 5.55. The third kappa shape index (κ3) is 1.78. The van der Waals surface area contributed by atoms with E-state index in [1.165, 1.54) is 0 Å². The zero-order valence-electron chi connectivity index (χ0n) is 10.5. The van der Waals surface area contributed by atoms with Crippen LogP contribution in [-0.2, 0) is 0 Å². The van der Waals surface area contributed by atoms with Crippen LogP contribution in [0.1, 0.15) is 7.20 Å². The van der Waals surface area contributed by atoms with Crippen molar-refractivity contribution in [3.8, 4) is 11.3 Å². The van der Waals surface area contributed by atoms with Crippen molar-refractivity contribution in [3.63, 3.8) is 0 Å². The summed E-state index contributed by atoms with van der Waals surface area (Å²) in [5.41, 5.74) is 2.69. The minimum absolute atomic E-state index is 0.464. The highest BCUT2D eigenvalue weighted by Crippen LogP contribution is 2.25. The lowest BCUT2D eigenvalue weighted by Gasteiger charge is -2.06. The first-order chi connectivity index (χ1) is 8.75. The van der Waals surface area contributed by atoms with Crippen LogP contribution in [0.25, 0.3) is 22.2 Å². The molecule has 0 saturated carbocycles. The van der Waals surface area contributed by atoms with E-state index < -0.39 is 0 Å². The molecule has 0 unspecified atom stereocenters. The van der Waals surface area contributed by atoms with Gasteiger partial charge in [0.15, 0.2) is 0 Å². The Bertz CT molecular complexity index is 708. The molecule has 0 fully saturated rings. The zero-order chi connectivity index (χ0) is 12.5. The molecule has 0 saturated heterocycles. The van der Waals surface area contributed by atoms with E-state index in [0.29, 0.717) is 6.04 Å². The molecule has 0 aliphatic heterocycles. The third-order valence-electron chi connectivity index (χ3n) is 2.67. The standard InChI is InChI=1S/C15H12N2/c1-11-16-14-10-6-5-9-13(14)15(17-11)12-7-3-2-4-8-12/h2-10H,1H3/i9D. The number of rotatable bonds is 1. The molecule has 0 aliphatic rings. The summed E-state index contributed by atoms with van der Waals surface area (Å²) in [6, 6.07) is 16.0. The predicted molar refractivity (Wildman–Crippen MR) is 69.7 cm³/mol. The summed E-state index contributed by atoms with van der Waals surface area (Å²) in [6.45, 7) is 1.88. The van der Waals surface area contributed by atoms with Crippen LogP contribution in [0.15, 0.2) is 54.6 Å². The van der Waals surface area contributed by atoms with Gasteiger partial charge in [-0.2, -0.15) is 0 Å². The lowest BCUT2D eigenvalue weighted by atomic mass is 10.1. The van der Waals surface area contributed by atoms with Crippen molar-refractivity contribution in [1.29, 1.82) is 0 Å². The molecule has 3 aromatic rings. The SMILES string of the molecule is [2H]c1cccc2nc(C)nc(-c3ccccc3)c12. The molecule has 17 heavy (non-hydrogen) atoms. The molecule has 0 aliphatic carbocycles. The van der Waals surface area contributed by atoms with Gasteiger partial charge in [-0.25, -0.2) is 9.97 Å². The van der Waals surface area contributed by atoms with Gasteiger partial charge in [0, 0.05) is 10.9 Å². The monoisotopic (exact) mass is 221 g/mol. The quantitative estimate of drug-likeness (QED) is 0.627. The van der Waals surface area contributed by atoms with Gasteiger partial charge in [0.1, 0.15) is 5.82 Å².